The van der Waals surface area contributed by atoms with Gasteiger partial charge in [0.15, 0.2) is 0 Å². The quantitative estimate of drug-likeness (QED) is 0.301. The van der Waals surface area contributed by atoms with Gasteiger partial charge in [-0.25, -0.2) is 0 Å². The van der Waals surface area contributed by atoms with E-state index in [1.54, 1.807) is 0 Å². The van der Waals surface area contributed by atoms with E-state index in [2.05, 4.69) is 54.0 Å². The maximum Gasteiger partial charge on any atom is 0.0100 e. The Kier molecular flexibility index (Phi) is 10.1. The highest BCUT2D eigenvalue weighted by Gasteiger charge is 2.09. The fourth-order valence-electron chi connectivity index (χ4n) is 2.70. The minimum Gasteiger partial charge on any atom is -0.0921 e. The Morgan fingerprint density at radius 3 is 1.95 bits per heavy atom. The lowest BCUT2D eigenvalue weighted by Crippen LogP contribution is -2.00. The number of hydrogen-bond donors (Lipinski definition) is 0. The van der Waals surface area contributed by atoms with Crippen LogP contribution in [0.25, 0.3) is 0 Å². The zero-order chi connectivity index (χ0) is 14.6. The molecule has 0 nitrogen and oxygen atoms in total. The minimum atomic E-state index is 0.690. The van der Waals surface area contributed by atoms with E-state index in [0.717, 1.165) is 5.33 Å². The highest BCUT2D eigenvalue weighted by Crippen LogP contribution is 2.25. The zero-order valence-electron chi connectivity index (χ0n) is 13.3. The van der Waals surface area contributed by atoms with Crippen molar-refractivity contribution in [3.05, 3.63) is 35.4 Å². The van der Waals surface area contributed by atoms with E-state index in [1.165, 1.54) is 68.9 Å². The molecule has 1 unspecified atom stereocenters. The molecule has 0 spiro atoms. The summed E-state index contributed by atoms with van der Waals surface area (Å²) in [7, 11) is 0. The summed E-state index contributed by atoms with van der Waals surface area (Å²) in [5.74, 6) is 0.690. The molecule has 0 aromatic heterocycles. The maximum absolute atomic E-state index is 3.68. The van der Waals surface area contributed by atoms with Crippen LogP contribution in [0.1, 0.15) is 81.8 Å². The van der Waals surface area contributed by atoms with Gasteiger partial charge in [0.2, 0.25) is 0 Å². The van der Waals surface area contributed by atoms with Gasteiger partial charge in [-0.05, 0) is 24.8 Å². The number of benzene rings is 1. The molecule has 0 heterocycles. The van der Waals surface area contributed by atoms with Gasteiger partial charge >= 0.3 is 0 Å². The van der Waals surface area contributed by atoms with Gasteiger partial charge in [0.25, 0.3) is 0 Å². The highest BCUT2D eigenvalue weighted by molar-refractivity contribution is 9.09. The number of unbranched alkanes of at least 4 members (excludes halogenated alkanes) is 7. The van der Waals surface area contributed by atoms with Crippen molar-refractivity contribution in [3.63, 3.8) is 0 Å². The lowest BCUT2D eigenvalue weighted by atomic mass is 9.94. The summed E-state index contributed by atoms with van der Waals surface area (Å²) < 4.78 is 0. The van der Waals surface area contributed by atoms with Gasteiger partial charge in [-0.2, -0.15) is 0 Å². The van der Waals surface area contributed by atoms with E-state index >= 15 is 0 Å². The summed E-state index contributed by atoms with van der Waals surface area (Å²) in [5, 5.41) is 1.09. The number of aryl methyl sites for hydroxylation is 1. The smallest absolute Gasteiger partial charge is 0.0100 e. The van der Waals surface area contributed by atoms with Crippen molar-refractivity contribution in [2.45, 2.75) is 77.6 Å². The largest absolute Gasteiger partial charge is 0.0921 e. The molecule has 0 amide bonds. The Balaban J connectivity index is 2.14. The Morgan fingerprint density at radius 2 is 1.40 bits per heavy atom. The van der Waals surface area contributed by atoms with Gasteiger partial charge in [-0.3, -0.25) is 0 Å². The highest BCUT2D eigenvalue weighted by atomic mass is 79.9. The molecule has 1 aromatic carbocycles. The topological polar surface area (TPSA) is 0 Å². The van der Waals surface area contributed by atoms with E-state index in [-0.39, 0.29) is 0 Å². The molecule has 114 valence electrons. The third kappa shape index (κ3) is 7.47. The lowest BCUT2D eigenvalue weighted by Gasteiger charge is -2.14. The molecule has 0 saturated carbocycles. The lowest BCUT2D eigenvalue weighted by molar-refractivity contribution is 0.546. The number of halogens is 1. The van der Waals surface area contributed by atoms with E-state index in [9.17, 15) is 0 Å². The fraction of sp³-hybridized carbons (Fsp3) is 0.684. The molecule has 1 aromatic rings. The van der Waals surface area contributed by atoms with Crippen LogP contribution in [0.4, 0.5) is 0 Å². The van der Waals surface area contributed by atoms with Gasteiger partial charge in [-0.15, -0.1) is 0 Å². The van der Waals surface area contributed by atoms with Crippen LogP contribution in [0.15, 0.2) is 24.3 Å². The second-order valence-corrected chi connectivity index (χ2v) is 6.67. The first-order chi connectivity index (χ1) is 9.77. The molecule has 0 radical (unpaired) electrons. The standard InChI is InChI=1S/C19H31Br/c1-3-4-5-6-7-8-9-10-11-19(16-20)18-14-12-17(2)13-15-18/h12-15,19H,3-11,16H2,1-2H3. The third-order valence-corrected chi connectivity index (χ3v) is 4.92. The molecule has 1 heteroatoms. The minimum absolute atomic E-state index is 0.690. The van der Waals surface area contributed by atoms with E-state index < -0.39 is 0 Å². The van der Waals surface area contributed by atoms with Crippen molar-refractivity contribution >= 4 is 15.9 Å². The average molecular weight is 339 g/mol. The van der Waals surface area contributed by atoms with Crippen molar-refractivity contribution < 1.29 is 0 Å². The molecule has 20 heavy (non-hydrogen) atoms. The van der Waals surface area contributed by atoms with Crippen LogP contribution in [0, 0.1) is 6.92 Å². The van der Waals surface area contributed by atoms with Gasteiger partial charge in [0, 0.05) is 5.33 Å². The summed E-state index contributed by atoms with van der Waals surface area (Å²) >= 11 is 3.68. The van der Waals surface area contributed by atoms with Gasteiger partial charge in [0.05, 0.1) is 0 Å². The van der Waals surface area contributed by atoms with E-state index in [1.807, 2.05) is 0 Å². The predicted molar refractivity (Wildman–Crippen MR) is 94.9 cm³/mol. The molecule has 1 atom stereocenters. The molecule has 0 aliphatic rings. The Labute approximate surface area is 134 Å². The van der Waals surface area contributed by atoms with Crippen LogP contribution in [-0.4, -0.2) is 5.33 Å². The first-order valence-electron chi connectivity index (χ1n) is 8.40. The first kappa shape index (κ1) is 17.8. The summed E-state index contributed by atoms with van der Waals surface area (Å²) in [6.07, 6.45) is 12.6. The van der Waals surface area contributed by atoms with Crippen molar-refractivity contribution in [2.24, 2.45) is 0 Å². The first-order valence-corrected chi connectivity index (χ1v) is 9.52. The van der Waals surface area contributed by atoms with Crippen molar-refractivity contribution in [2.75, 3.05) is 5.33 Å². The Hall–Kier alpha value is -0.300. The number of rotatable bonds is 11. The van der Waals surface area contributed by atoms with E-state index in [4.69, 9.17) is 0 Å². The Bertz CT molecular complexity index is 328. The van der Waals surface area contributed by atoms with Crippen LogP contribution in [0.3, 0.4) is 0 Å². The van der Waals surface area contributed by atoms with Gasteiger partial charge in [-0.1, -0.05) is 104 Å². The Morgan fingerprint density at radius 1 is 0.850 bits per heavy atom. The maximum atomic E-state index is 3.68. The molecule has 0 N–H and O–H groups in total. The van der Waals surface area contributed by atoms with Crippen LogP contribution < -0.4 is 0 Å². The van der Waals surface area contributed by atoms with Crippen molar-refractivity contribution in [1.29, 1.82) is 0 Å². The molecule has 0 bridgehead atoms. The monoisotopic (exact) mass is 338 g/mol. The van der Waals surface area contributed by atoms with Crippen molar-refractivity contribution in [3.8, 4) is 0 Å². The van der Waals surface area contributed by atoms with E-state index in [0.29, 0.717) is 5.92 Å². The summed E-state index contributed by atoms with van der Waals surface area (Å²) in [6, 6.07) is 9.06. The van der Waals surface area contributed by atoms with Gasteiger partial charge < -0.3 is 0 Å². The second-order valence-electron chi connectivity index (χ2n) is 6.03. The van der Waals surface area contributed by atoms with Crippen LogP contribution in [-0.2, 0) is 0 Å². The molecular weight excluding hydrogens is 308 g/mol. The van der Waals surface area contributed by atoms with Crippen LogP contribution in [0.2, 0.25) is 0 Å². The number of alkyl halides is 1. The van der Waals surface area contributed by atoms with Crippen LogP contribution in [0.5, 0.6) is 0 Å². The zero-order valence-corrected chi connectivity index (χ0v) is 14.9. The summed E-state index contributed by atoms with van der Waals surface area (Å²) in [6.45, 7) is 4.44. The summed E-state index contributed by atoms with van der Waals surface area (Å²) in [5.41, 5.74) is 2.85. The molecule has 0 fully saturated rings. The number of hydrogen-bond acceptors (Lipinski definition) is 0. The summed E-state index contributed by atoms with van der Waals surface area (Å²) in [4.78, 5) is 0. The third-order valence-electron chi connectivity index (χ3n) is 4.14. The molecule has 0 saturated heterocycles. The second kappa shape index (κ2) is 11.4. The average Bonchev–Trinajstić information content (AvgIpc) is 2.47. The molecule has 0 aliphatic heterocycles. The van der Waals surface area contributed by atoms with Gasteiger partial charge in [0.1, 0.15) is 0 Å². The SMILES string of the molecule is CCCCCCCCCCC(CBr)c1ccc(C)cc1. The molecule has 1 rings (SSSR count). The predicted octanol–water partition coefficient (Wildman–Crippen LogP) is 7.00. The van der Waals surface area contributed by atoms with Crippen LogP contribution >= 0.6 is 15.9 Å². The van der Waals surface area contributed by atoms with Crippen molar-refractivity contribution in [1.82, 2.24) is 0 Å². The molecule has 0 aliphatic carbocycles. The normalized spacial score (nSPS) is 12.6. The molecular formula is C19H31Br. The fourth-order valence-corrected chi connectivity index (χ4v) is 3.39.